The molecule has 1 amide bonds. The molecule has 0 saturated carbocycles. The van der Waals surface area contributed by atoms with Crippen molar-refractivity contribution in [1.29, 1.82) is 0 Å². The smallest absolute Gasteiger partial charge is 0.223 e. The first-order valence-electron chi connectivity index (χ1n) is 9.17. The first kappa shape index (κ1) is 19.7. The van der Waals surface area contributed by atoms with Crippen LogP contribution in [0.4, 0.5) is 0 Å². The lowest BCUT2D eigenvalue weighted by molar-refractivity contribution is -0.140. The predicted octanol–water partition coefficient (Wildman–Crippen LogP) is 3.31. The van der Waals surface area contributed by atoms with Crippen LogP contribution >= 0.6 is 11.6 Å². The summed E-state index contributed by atoms with van der Waals surface area (Å²) in [5.41, 5.74) is 0.754. The number of carbonyl (C=O) groups is 1. The fraction of sp³-hybridized carbons (Fsp3) is 0.500. The number of ether oxygens (including phenoxy) is 1. The number of halogens is 1. The first-order valence-corrected chi connectivity index (χ1v) is 9.54. The van der Waals surface area contributed by atoms with Crippen LogP contribution in [0.1, 0.15) is 36.3 Å². The lowest BCUT2D eigenvalue weighted by atomic mass is 9.93. The SMILES string of the molecule is Cc1noc(C)c1CCC(=O)N1CCCC(O)(COc2cccc(Cl)c2)C1. The molecule has 0 spiro atoms. The molecular weight excluding hydrogens is 368 g/mol. The van der Waals surface area contributed by atoms with E-state index in [-0.39, 0.29) is 19.1 Å². The molecule has 6 nitrogen and oxygen atoms in total. The summed E-state index contributed by atoms with van der Waals surface area (Å²) >= 11 is 5.96. The van der Waals surface area contributed by atoms with E-state index in [0.717, 1.165) is 23.4 Å². The highest BCUT2D eigenvalue weighted by Gasteiger charge is 2.36. The number of hydrogen-bond donors (Lipinski definition) is 1. The monoisotopic (exact) mass is 392 g/mol. The summed E-state index contributed by atoms with van der Waals surface area (Å²) in [6, 6.07) is 7.07. The molecule has 1 saturated heterocycles. The van der Waals surface area contributed by atoms with Gasteiger partial charge in [0, 0.05) is 23.6 Å². The normalized spacial score (nSPS) is 19.9. The average molecular weight is 393 g/mol. The Balaban J connectivity index is 1.55. The number of carbonyl (C=O) groups excluding carboxylic acids is 1. The highest BCUT2D eigenvalue weighted by molar-refractivity contribution is 6.30. The fourth-order valence-corrected chi connectivity index (χ4v) is 3.65. The zero-order valence-corrected chi connectivity index (χ0v) is 16.5. The second-order valence-electron chi connectivity index (χ2n) is 7.19. The molecular formula is C20H25ClN2O4. The first-order chi connectivity index (χ1) is 12.9. The van der Waals surface area contributed by atoms with Crippen LogP contribution in [0.5, 0.6) is 5.75 Å². The third-order valence-electron chi connectivity index (χ3n) is 4.98. The van der Waals surface area contributed by atoms with Crippen molar-refractivity contribution >= 4 is 17.5 Å². The largest absolute Gasteiger partial charge is 0.490 e. The number of amides is 1. The van der Waals surface area contributed by atoms with Crippen LogP contribution in [-0.4, -0.2) is 46.4 Å². The Bertz CT molecular complexity index is 788. The molecule has 0 radical (unpaired) electrons. The molecule has 1 atom stereocenters. The zero-order chi connectivity index (χ0) is 19.4. The van der Waals surface area contributed by atoms with Gasteiger partial charge in [-0.05, 0) is 51.3 Å². The van der Waals surface area contributed by atoms with E-state index in [1.54, 1.807) is 29.2 Å². The molecule has 146 valence electrons. The van der Waals surface area contributed by atoms with Crippen molar-refractivity contribution in [2.75, 3.05) is 19.7 Å². The van der Waals surface area contributed by atoms with Gasteiger partial charge in [-0.3, -0.25) is 4.79 Å². The Labute approximate surface area is 164 Å². The Morgan fingerprint density at radius 2 is 2.26 bits per heavy atom. The summed E-state index contributed by atoms with van der Waals surface area (Å²) in [7, 11) is 0. The minimum Gasteiger partial charge on any atom is -0.490 e. The Hall–Kier alpha value is -2.05. The average Bonchev–Trinajstić information content (AvgIpc) is 2.96. The molecule has 1 N–H and O–H groups in total. The summed E-state index contributed by atoms with van der Waals surface area (Å²) < 4.78 is 10.9. The maximum atomic E-state index is 12.6. The van der Waals surface area contributed by atoms with Crippen molar-refractivity contribution < 1.29 is 19.2 Å². The summed E-state index contributed by atoms with van der Waals surface area (Å²) in [5.74, 6) is 1.39. The van der Waals surface area contributed by atoms with Gasteiger partial charge in [-0.2, -0.15) is 0 Å². The van der Waals surface area contributed by atoms with Crippen molar-refractivity contribution in [3.8, 4) is 5.75 Å². The van der Waals surface area contributed by atoms with E-state index in [1.807, 2.05) is 13.8 Å². The molecule has 7 heteroatoms. The van der Waals surface area contributed by atoms with Gasteiger partial charge >= 0.3 is 0 Å². The lowest BCUT2D eigenvalue weighted by Gasteiger charge is -2.39. The second-order valence-corrected chi connectivity index (χ2v) is 7.63. The molecule has 3 rings (SSSR count). The van der Waals surface area contributed by atoms with Gasteiger partial charge in [0.2, 0.25) is 5.91 Å². The van der Waals surface area contributed by atoms with Crippen molar-refractivity contribution in [3.05, 3.63) is 46.3 Å². The number of β-amino-alcohol motifs (C(OH)–C–C–N with tert-alkyl or cyclic N) is 1. The second kappa shape index (κ2) is 8.31. The van der Waals surface area contributed by atoms with Gasteiger partial charge in [-0.15, -0.1) is 0 Å². The predicted molar refractivity (Wildman–Crippen MR) is 102 cm³/mol. The van der Waals surface area contributed by atoms with Gasteiger partial charge in [0.1, 0.15) is 23.7 Å². The molecule has 2 heterocycles. The molecule has 1 aliphatic heterocycles. The number of aryl methyl sites for hydroxylation is 2. The van der Waals surface area contributed by atoms with E-state index in [1.165, 1.54) is 0 Å². The van der Waals surface area contributed by atoms with Gasteiger partial charge in [0.05, 0.1) is 12.2 Å². The van der Waals surface area contributed by atoms with Crippen LogP contribution in [0.2, 0.25) is 5.02 Å². The molecule has 0 bridgehead atoms. The topological polar surface area (TPSA) is 75.8 Å². The highest BCUT2D eigenvalue weighted by atomic mass is 35.5. The molecule has 1 aliphatic rings. The Morgan fingerprint density at radius 1 is 1.44 bits per heavy atom. The number of piperidine rings is 1. The van der Waals surface area contributed by atoms with Gasteiger partial charge in [-0.1, -0.05) is 22.8 Å². The van der Waals surface area contributed by atoms with Crippen LogP contribution < -0.4 is 4.74 Å². The van der Waals surface area contributed by atoms with Crippen molar-refractivity contribution in [2.24, 2.45) is 0 Å². The number of aromatic nitrogens is 1. The number of hydrogen-bond acceptors (Lipinski definition) is 5. The molecule has 27 heavy (non-hydrogen) atoms. The summed E-state index contributed by atoms with van der Waals surface area (Å²) in [6.45, 7) is 4.78. The minimum atomic E-state index is -1.06. The summed E-state index contributed by atoms with van der Waals surface area (Å²) in [6.07, 6.45) is 2.30. The molecule has 1 aromatic carbocycles. The number of aliphatic hydroxyl groups is 1. The molecule has 1 fully saturated rings. The zero-order valence-electron chi connectivity index (χ0n) is 15.7. The van der Waals surface area contributed by atoms with E-state index in [0.29, 0.717) is 36.6 Å². The number of nitrogens with zero attached hydrogens (tertiary/aromatic N) is 2. The maximum Gasteiger partial charge on any atom is 0.223 e. The van der Waals surface area contributed by atoms with Crippen LogP contribution in [0.15, 0.2) is 28.8 Å². The standard InChI is InChI=1S/C20H25ClN2O4/c1-14-18(15(2)27-22-14)7-8-19(24)23-10-4-9-20(25,12-23)13-26-17-6-3-5-16(21)11-17/h3,5-6,11,25H,4,7-10,12-13H2,1-2H3. The van der Waals surface area contributed by atoms with Crippen LogP contribution in [-0.2, 0) is 11.2 Å². The highest BCUT2D eigenvalue weighted by Crippen LogP contribution is 2.25. The summed E-state index contributed by atoms with van der Waals surface area (Å²) in [5, 5.41) is 15.4. The third-order valence-corrected chi connectivity index (χ3v) is 5.22. The quantitative estimate of drug-likeness (QED) is 0.816. The number of likely N-dealkylation sites (tertiary alicyclic amines) is 1. The van der Waals surface area contributed by atoms with E-state index in [9.17, 15) is 9.90 Å². The van der Waals surface area contributed by atoms with Crippen LogP contribution in [0, 0.1) is 13.8 Å². The number of benzene rings is 1. The van der Waals surface area contributed by atoms with Gasteiger partial charge in [-0.25, -0.2) is 0 Å². The molecule has 2 aromatic rings. The fourth-order valence-electron chi connectivity index (χ4n) is 3.47. The maximum absolute atomic E-state index is 12.6. The van der Waals surface area contributed by atoms with Gasteiger partial charge in [0.25, 0.3) is 0 Å². The van der Waals surface area contributed by atoms with Crippen molar-refractivity contribution in [3.63, 3.8) is 0 Å². The van der Waals surface area contributed by atoms with E-state index >= 15 is 0 Å². The minimum absolute atomic E-state index is 0.0240. The molecule has 1 aromatic heterocycles. The molecule has 1 unspecified atom stereocenters. The van der Waals surface area contributed by atoms with E-state index in [4.69, 9.17) is 20.9 Å². The Kier molecular flexibility index (Phi) is 6.07. The van der Waals surface area contributed by atoms with Crippen LogP contribution in [0.25, 0.3) is 0 Å². The van der Waals surface area contributed by atoms with Gasteiger partial charge < -0.3 is 19.3 Å². The number of rotatable bonds is 6. The van der Waals surface area contributed by atoms with E-state index < -0.39 is 5.60 Å². The lowest BCUT2D eigenvalue weighted by Crippen LogP contribution is -2.53. The Morgan fingerprint density at radius 3 is 2.96 bits per heavy atom. The molecule has 0 aliphatic carbocycles. The third kappa shape index (κ3) is 5.02. The summed E-state index contributed by atoms with van der Waals surface area (Å²) in [4.78, 5) is 14.4. The van der Waals surface area contributed by atoms with Crippen LogP contribution in [0.3, 0.4) is 0 Å². The van der Waals surface area contributed by atoms with E-state index in [2.05, 4.69) is 5.16 Å². The van der Waals surface area contributed by atoms with Crippen molar-refractivity contribution in [1.82, 2.24) is 10.1 Å². The van der Waals surface area contributed by atoms with Gasteiger partial charge in [0.15, 0.2) is 0 Å². The van der Waals surface area contributed by atoms with Crippen molar-refractivity contribution in [2.45, 2.75) is 45.1 Å².